The number of amides is 2. The topological polar surface area (TPSA) is 118 Å². The first-order valence-electron chi connectivity index (χ1n) is 7.37. The van der Waals surface area contributed by atoms with Gasteiger partial charge in [-0.05, 0) is 6.92 Å². The Hall–Kier alpha value is -2.91. The third kappa shape index (κ3) is 6.07. The number of nitrogens with zero attached hydrogens (tertiary/aromatic N) is 6. The van der Waals surface area contributed by atoms with E-state index in [2.05, 4.69) is 20.4 Å². The smallest absolute Gasteiger partial charge is 0.317 e. The van der Waals surface area contributed by atoms with Gasteiger partial charge in [0.2, 0.25) is 0 Å². The molecular weight excluding hydrogens is 314 g/mol. The first kappa shape index (κ1) is 19.1. The van der Waals surface area contributed by atoms with E-state index in [-0.39, 0.29) is 12.5 Å². The summed E-state index contributed by atoms with van der Waals surface area (Å²) in [6.07, 6.45) is 5.85. The lowest BCUT2D eigenvalue weighted by Crippen LogP contribution is -2.39. The Balaban J connectivity index is 0.000000891. The van der Waals surface area contributed by atoms with Gasteiger partial charge in [-0.3, -0.25) is 9.48 Å². The van der Waals surface area contributed by atoms with Crippen molar-refractivity contribution in [2.45, 2.75) is 19.9 Å². The molecule has 0 spiro atoms. The summed E-state index contributed by atoms with van der Waals surface area (Å²) >= 11 is 0. The van der Waals surface area contributed by atoms with Gasteiger partial charge < -0.3 is 19.9 Å². The number of hydrogen-bond donors (Lipinski definition) is 2. The Morgan fingerprint density at radius 1 is 1.46 bits per heavy atom. The molecule has 0 bridgehead atoms. The maximum Gasteiger partial charge on any atom is 0.317 e. The van der Waals surface area contributed by atoms with Crippen LogP contribution in [0.1, 0.15) is 11.6 Å². The summed E-state index contributed by atoms with van der Waals surface area (Å²) in [6.45, 7) is 3.60. The zero-order valence-corrected chi connectivity index (χ0v) is 14.1. The highest BCUT2D eigenvalue weighted by atomic mass is 16.3. The normalized spacial score (nSPS) is 9.79. The second-order valence-corrected chi connectivity index (χ2v) is 4.98. The maximum absolute atomic E-state index is 11.9. The summed E-state index contributed by atoms with van der Waals surface area (Å²) in [5.74, 6) is 1.80. The fourth-order valence-corrected chi connectivity index (χ4v) is 1.96. The van der Waals surface area contributed by atoms with Gasteiger partial charge in [-0.15, -0.1) is 0 Å². The third-order valence-corrected chi connectivity index (χ3v) is 3.38. The van der Waals surface area contributed by atoms with E-state index in [1.165, 1.54) is 6.33 Å². The predicted molar refractivity (Wildman–Crippen MR) is 86.4 cm³/mol. The Kier molecular flexibility index (Phi) is 7.96. The van der Waals surface area contributed by atoms with E-state index in [0.29, 0.717) is 19.5 Å². The van der Waals surface area contributed by atoms with E-state index < -0.39 is 0 Å². The molecule has 2 rings (SSSR count). The summed E-state index contributed by atoms with van der Waals surface area (Å²) in [7, 11) is 3.62. The van der Waals surface area contributed by atoms with E-state index in [4.69, 9.17) is 9.90 Å². The fourth-order valence-electron chi connectivity index (χ4n) is 1.96. The van der Waals surface area contributed by atoms with Gasteiger partial charge in [-0.2, -0.15) is 5.10 Å². The lowest BCUT2D eigenvalue weighted by atomic mass is 10.4. The molecule has 24 heavy (non-hydrogen) atoms. The molecule has 0 saturated heterocycles. The van der Waals surface area contributed by atoms with Gasteiger partial charge >= 0.3 is 6.03 Å². The van der Waals surface area contributed by atoms with Crippen LogP contribution in [0.2, 0.25) is 0 Å². The molecule has 0 radical (unpaired) electrons. The Bertz CT molecular complexity index is 638. The highest BCUT2D eigenvalue weighted by Crippen LogP contribution is 1.96. The van der Waals surface area contributed by atoms with Crippen molar-refractivity contribution in [1.29, 1.82) is 0 Å². The van der Waals surface area contributed by atoms with Crippen LogP contribution in [0, 0.1) is 6.92 Å². The summed E-state index contributed by atoms with van der Waals surface area (Å²) < 4.78 is 3.72. The number of aromatic nitrogens is 5. The summed E-state index contributed by atoms with van der Waals surface area (Å²) in [5.41, 5.74) is 0. The molecule has 2 N–H and O–H groups in total. The summed E-state index contributed by atoms with van der Waals surface area (Å²) in [5, 5.41) is 13.8. The van der Waals surface area contributed by atoms with E-state index in [1.54, 1.807) is 22.8 Å². The molecule has 0 unspecified atom stereocenters. The van der Waals surface area contributed by atoms with Crippen molar-refractivity contribution in [1.82, 2.24) is 34.5 Å². The van der Waals surface area contributed by atoms with Crippen molar-refractivity contribution in [2.75, 3.05) is 20.1 Å². The largest absolute Gasteiger partial charge is 0.483 e. The van der Waals surface area contributed by atoms with Crippen LogP contribution in [0.3, 0.4) is 0 Å². The minimum Gasteiger partial charge on any atom is -0.483 e. The predicted octanol–water partition coefficient (Wildman–Crippen LogP) is -0.0951. The number of likely N-dealkylation sites (N-methyl/N-ethyl adjacent to an activating group) is 1. The van der Waals surface area contributed by atoms with Crippen molar-refractivity contribution in [3.63, 3.8) is 0 Å². The van der Waals surface area contributed by atoms with Gasteiger partial charge in [0, 0.05) is 52.5 Å². The van der Waals surface area contributed by atoms with E-state index in [0.717, 1.165) is 18.2 Å². The number of carboxylic acid groups (broad SMARTS) is 1. The molecule has 0 aliphatic carbocycles. The van der Waals surface area contributed by atoms with Crippen molar-refractivity contribution in [3.8, 4) is 0 Å². The molecule has 0 aromatic carbocycles. The van der Waals surface area contributed by atoms with Crippen LogP contribution in [-0.2, 0) is 24.8 Å². The highest BCUT2D eigenvalue weighted by Gasteiger charge is 2.09. The second-order valence-electron chi connectivity index (χ2n) is 4.98. The van der Waals surface area contributed by atoms with Crippen LogP contribution in [-0.4, -0.2) is 67.0 Å². The maximum atomic E-state index is 11.9. The van der Waals surface area contributed by atoms with Gasteiger partial charge in [0.15, 0.2) is 0 Å². The van der Waals surface area contributed by atoms with Crippen molar-refractivity contribution in [3.05, 3.63) is 30.4 Å². The van der Waals surface area contributed by atoms with Gasteiger partial charge in [0.1, 0.15) is 18.0 Å². The SMILES string of the molecule is Cc1nccn1CCN(C)C(=O)NCCc1ncnn1C.O=CO. The third-order valence-electron chi connectivity index (χ3n) is 3.38. The number of hydrogen-bond acceptors (Lipinski definition) is 5. The standard InChI is InChI=1S/C13H21N7O.CH2O2/c1-11-14-6-7-20(11)9-8-18(2)13(21)15-5-4-12-16-10-17-19(12)3;2-1-3/h6-7,10H,4-5,8-9H2,1-3H3,(H,15,21);1H,(H,2,3). The molecule has 2 amide bonds. The van der Waals surface area contributed by atoms with Crippen LogP contribution < -0.4 is 5.32 Å². The molecule has 0 fully saturated rings. The molecule has 132 valence electrons. The van der Waals surface area contributed by atoms with Gasteiger partial charge in [-0.25, -0.2) is 14.8 Å². The first-order chi connectivity index (χ1) is 11.5. The van der Waals surface area contributed by atoms with Gasteiger partial charge in [-0.1, -0.05) is 0 Å². The van der Waals surface area contributed by atoms with Gasteiger partial charge in [0.05, 0.1) is 0 Å². The molecule has 2 aromatic rings. The Morgan fingerprint density at radius 3 is 2.71 bits per heavy atom. The van der Waals surface area contributed by atoms with E-state index >= 15 is 0 Å². The molecule has 10 heteroatoms. The number of carbonyl (C=O) groups is 2. The fraction of sp³-hybridized carbons (Fsp3) is 0.500. The van der Waals surface area contributed by atoms with E-state index in [1.807, 2.05) is 24.7 Å². The molecule has 2 aromatic heterocycles. The number of nitrogens with one attached hydrogen (secondary N) is 1. The monoisotopic (exact) mass is 337 g/mol. The first-order valence-corrected chi connectivity index (χ1v) is 7.37. The minimum atomic E-state index is -0.250. The van der Waals surface area contributed by atoms with Crippen LogP contribution >= 0.6 is 0 Å². The van der Waals surface area contributed by atoms with E-state index in [9.17, 15) is 4.79 Å². The minimum absolute atomic E-state index is 0.0880. The van der Waals surface area contributed by atoms with Crippen molar-refractivity contribution >= 4 is 12.5 Å². The average Bonchev–Trinajstić information content (AvgIpc) is 3.14. The Morgan fingerprint density at radius 2 is 2.17 bits per heavy atom. The molecule has 0 aliphatic rings. The zero-order chi connectivity index (χ0) is 17.9. The zero-order valence-electron chi connectivity index (χ0n) is 14.1. The number of aryl methyl sites for hydroxylation is 2. The molecule has 2 heterocycles. The lowest BCUT2D eigenvalue weighted by molar-refractivity contribution is -0.122. The van der Waals surface area contributed by atoms with Crippen LogP contribution in [0.5, 0.6) is 0 Å². The number of imidazole rings is 1. The van der Waals surface area contributed by atoms with Crippen LogP contribution in [0.15, 0.2) is 18.7 Å². The molecule has 10 nitrogen and oxygen atoms in total. The average molecular weight is 337 g/mol. The molecule has 0 saturated carbocycles. The van der Waals surface area contributed by atoms with Gasteiger partial charge in [0.25, 0.3) is 6.47 Å². The number of rotatable bonds is 6. The summed E-state index contributed by atoms with van der Waals surface area (Å²) in [4.78, 5) is 30.2. The summed E-state index contributed by atoms with van der Waals surface area (Å²) in [6, 6.07) is -0.0880. The van der Waals surface area contributed by atoms with Crippen LogP contribution in [0.25, 0.3) is 0 Å². The molecule has 0 atom stereocenters. The van der Waals surface area contributed by atoms with Crippen molar-refractivity contribution in [2.24, 2.45) is 7.05 Å². The highest BCUT2D eigenvalue weighted by molar-refractivity contribution is 5.73. The second kappa shape index (κ2) is 9.98. The lowest BCUT2D eigenvalue weighted by Gasteiger charge is -2.18. The van der Waals surface area contributed by atoms with Crippen LogP contribution in [0.4, 0.5) is 4.79 Å². The van der Waals surface area contributed by atoms with Crippen molar-refractivity contribution < 1.29 is 14.7 Å². The number of urea groups is 1. The number of carbonyl (C=O) groups excluding carboxylic acids is 1. The molecular formula is C14H23N7O3. The Labute approximate surface area is 140 Å². The quantitative estimate of drug-likeness (QED) is 0.711. The molecule has 0 aliphatic heterocycles.